The minimum atomic E-state index is -1.13. The van der Waals surface area contributed by atoms with Gasteiger partial charge in [-0.15, -0.1) is 0 Å². The molecule has 0 fully saturated rings. The van der Waals surface area contributed by atoms with E-state index in [1.807, 2.05) is 0 Å². The Morgan fingerprint density at radius 2 is 1.76 bits per heavy atom. The molecule has 0 aromatic heterocycles. The second kappa shape index (κ2) is 8.44. The Balaban J connectivity index is 2.90. The van der Waals surface area contributed by atoms with E-state index >= 15 is 0 Å². The first-order chi connectivity index (χ1) is 9.92. The van der Waals surface area contributed by atoms with Gasteiger partial charge in [0.2, 0.25) is 6.29 Å². The minimum absolute atomic E-state index is 0.0106. The van der Waals surface area contributed by atoms with Crippen LogP contribution in [0.25, 0.3) is 0 Å². The van der Waals surface area contributed by atoms with Crippen molar-refractivity contribution in [1.82, 2.24) is 0 Å². The van der Waals surface area contributed by atoms with Crippen LogP contribution >= 0.6 is 23.2 Å². The highest BCUT2D eigenvalue weighted by Crippen LogP contribution is 2.28. The van der Waals surface area contributed by atoms with Crippen molar-refractivity contribution in [1.29, 1.82) is 0 Å². The Bertz CT molecular complexity index is 528. The van der Waals surface area contributed by atoms with E-state index in [9.17, 15) is 14.0 Å². The van der Waals surface area contributed by atoms with Crippen molar-refractivity contribution >= 4 is 34.8 Å². The number of hydrogen-bond acceptors (Lipinski definition) is 4. The number of Topliss-reactive ketones (excluding diaryl/α,β-unsaturated/α-hetero) is 2. The van der Waals surface area contributed by atoms with Crippen LogP contribution < -0.4 is 0 Å². The van der Waals surface area contributed by atoms with E-state index in [4.69, 9.17) is 32.7 Å². The number of benzene rings is 1. The molecule has 0 heterocycles. The average Bonchev–Trinajstić information content (AvgIpc) is 2.43. The van der Waals surface area contributed by atoms with Gasteiger partial charge in [-0.3, -0.25) is 9.59 Å². The summed E-state index contributed by atoms with van der Waals surface area (Å²) in [6.45, 7) is 3.90. The summed E-state index contributed by atoms with van der Waals surface area (Å²) in [4.78, 5) is 24.1. The number of ether oxygens (including phenoxy) is 2. The summed E-state index contributed by atoms with van der Waals surface area (Å²) in [7, 11) is 0. The van der Waals surface area contributed by atoms with Crippen LogP contribution in [0.3, 0.4) is 0 Å². The van der Waals surface area contributed by atoms with Gasteiger partial charge < -0.3 is 9.47 Å². The summed E-state index contributed by atoms with van der Waals surface area (Å²) in [5.74, 6) is -2.03. The highest BCUT2D eigenvalue weighted by molar-refractivity contribution is 6.40. The number of halogens is 3. The molecule has 0 unspecified atom stereocenters. The lowest BCUT2D eigenvalue weighted by Crippen LogP contribution is -2.29. The van der Waals surface area contributed by atoms with Gasteiger partial charge in [0.05, 0.1) is 22.0 Å². The molecule has 0 aliphatic rings. The van der Waals surface area contributed by atoms with E-state index in [1.54, 1.807) is 13.8 Å². The number of carbonyl (C=O) groups is 2. The van der Waals surface area contributed by atoms with Crippen LogP contribution in [0.5, 0.6) is 0 Å². The first-order valence-corrected chi connectivity index (χ1v) is 7.10. The average molecular weight is 337 g/mol. The fourth-order valence-electron chi connectivity index (χ4n) is 1.65. The molecule has 1 aromatic rings. The Labute approximate surface area is 132 Å². The zero-order valence-corrected chi connectivity index (χ0v) is 13.1. The Hall–Kier alpha value is -1.01. The van der Waals surface area contributed by atoms with Gasteiger partial charge in [0, 0.05) is 13.2 Å². The lowest BCUT2D eigenvalue weighted by atomic mass is 10.1. The molecular weight excluding hydrogens is 322 g/mol. The molecular formula is C14H15Cl2FO4. The maximum atomic E-state index is 13.4. The van der Waals surface area contributed by atoms with Crippen molar-refractivity contribution in [3.8, 4) is 0 Å². The molecule has 0 spiro atoms. The molecule has 1 rings (SSSR count). The zero-order chi connectivity index (χ0) is 16.0. The van der Waals surface area contributed by atoms with Crippen molar-refractivity contribution in [2.24, 2.45) is 0 Å². The number of hydrogen-bond donors (Lipinski definition) is 0. The van der Waals surface area contributed by atoms with Crippen LogP contribution in [0.1, 0.15) is 30.6 Å². The van der Waals surface area contributed by atoms with E-state index in [0.717, 1.165) is 6.07 Å². The first kappa shape index (κ1) is 18.0. The minimum Gasteiger partial charge on any atom is -0.346 e. The summed E-state index contributed by atoms with van der Waals surface area (Å²) in [6, 6.07) is 2.26. The van der Waals surface area contributed by atoms with Crippen molar-refractivity contribution in [3.05, 3.63) is 33.6 Å². The van der Waals surface area contributed by atoms with E-state index in [1.165, 1.54) is 6.07 Å². The lowest BCUT2D eigenvalue weighted by molar-refractivity contribution is -0.166. The molecule has 0 N–H and O–H groups in total. The SMILES string of the molecule is CCOC(OCC)C(=O)CC(=O)c1c(Cl)ccc(F)c1Cl. The summed E-state index contributed by atoms with van der Waals surface area (Å²) >= 11 is 11.6. The van der Waals surface area contributed by atoms with Gasteiger partial charge in [-0.25, -0.2) is 4.39 Å². The molecule has 116 valence electrons. The largest absolute Gasteiger partial charge is 0.346 e. The Morgan fingerprint density at radius 1 is 1.19 bits per heavy atom. The molecule has 0 bridgehead atoms. The van der Waals surface area contributed by atoms with E-state index in [2.05, 4.69) is 0 Å². The van der Waals surface area contributed by atoms with E-state index in [0.29, 0.717) is 0 Å². The van der Waals surface area contributed by atoms with Crippen molar-refractivity contribution < 1.29 is 23.5 Å². The fourth-order valence-corrected chi connectivity index (χ4v) is 2.23. The molecule has 0 amide bonds. The Morgan fingerprint density at radius 3 is 2.29 bits per heavy atom. The monoisotopic (exact) mass is 336 g/mol. The van der Waals surface area contributed by atoms with Gasteiger partial charge in [-0.1, -0.05) is 23.2 Å². The standard InChI is InChI=1S/C14H15Cl2FO4/c1-3-20-14(21-4-2)11(19)7-10(18)12-8(15)5-6-9(17)13(12)16/h5-6,14H,3-4,7H2,1-2H3. The normalized spacial score (nSPS) is 11.0. The highest BCUT2D eigenvalue weighted by atomic mass is 35.5. The summed E-state index contributed by atoms with van der Waals surface area (Å²) in [6.07, 6.45) is -1.66. The molecule has 7 heteroatoms. The topological polar surface area (TPSA) is 52.6 Å². The van der Waals surface area contributed by atoms with Gasteiger partial charge in [0.15, 0.2) is 11.6 Å². The van der Waals surface area contributed by atoms with Gasteiger partial charge in [-0.2, -0.15) is 0 Å². The molecule has 0 aliphatic heterocycles. The molecule has 0 saturated carbocycles. The second-order valence-electron chi connectivity index (χ2n) is 4.03. The number of rotatable bonds is 8. The molecule has 21 heavy (non-hydrogen) atoms. The van der Waals surface area contributed by atoms with Crippen LogP contribution in [0.15, 0.2) is 12.1 Å². The molecule has 0 atom stereocenters. The molecule has 4 nitrogen and oxygen atoms in total. The third kappa shape index (κ3) is 4.74. The van der Waals surface area contributed by atoms with Crippen molar-refractivity contribution in [2.45, 2.75) is 26.6 Å². The van der Waals surface area contributed by atoms with Crippen molar-refractivity contribution in [2.75, 3.05) is 13.2 Å². The predicted molar refractivity (Wildman–Crippen MR) is 77.4 cm³/mol. The molecule has 1 aromatic carbocycles. The molecule has 0 saturated heterocycles. The maximum absolute atomic E-state index is 13.4. The summed E-state index contributed by atoms with van der Waals surface area (Å²) in [5.41, 5.74) is -0.210. The lowest BCUT2D eigenvalue weighted by Gasteiger charge is -2.15. The fraction of sp³-hybridized carbons (Fsp3) is 0.429. The smallest absolute Gasteiger partial charge is 0.218 e. The van der Waals surface area contributed by atoms with Gasteiger partial charge >= 0.3 is 0 Å². The molecule has 0 radical (unpaired) electrons. The maximum Gasteiger partial charge on any atom is 0.218 e. The quantitative estimate of drug-likeness (QED) is 0.314. The first-order valence-electron chi connectivity index (χ1n) is 6.34. The Kier molecular flexibility index (Phi) is 7.25. The van der Waals surface area contributed by atoms with Crippen LogP contribution in [-0.4, -0.2) is 31.1 Å². The zero-order valence-electron chi connectivity index (χ0n) is 11.6. The van der Waals surface area contributed by atoms with Gasteiger partial charge in [0.25, 0.3) is 0 Å². The summed E-state index contributed by atoms with van der Waals surface area (Å²) < 4.78 is 23.6. The van der Waals surface area contributed by atoms with Crippen molar-refractivity contribution in [3.63, 3.8) is 0 Å². The third-order valence-electron chi connectivity index (χ3n) is 2.56. The van der Waals surface area contributed by atoms with E-state index < -0.39 is 35.1 Å². The summed E-state index contributed by atoms with van der Waals surface area (Å²) in [5, 5.41) is -0.409. The second-order valence-corrected chi connectivity index (χ2v) is 4.81. The van der Waals surface area contributed by atoms with Gasteiger partial charge in [0.1, 0.15) is 5.82 Å². The number of carbonyl (C=O) groups excluding carboxylic acids is 2. The predicted octanol–water partition coefficient (Wildman–Crippen LogP) is 3.67. The molecule has 0 aliphatic carbocycles. The third-order valence-corrected chi connectivity index (χ3v) is 3.24. The van der Waals surface area contributed by atoms with Crippen LogP contribution in [0.4, 0.5) is 4.39 Å². The van der Waals surface area contributed by atoms with Crippen LogP contribution in [0, 0.1) is 5.82 Å². The number of ketones is 2. The van der Waals surface area contributed by atoms with E-state index in [-0.39, 0.29) is 23.8 Å². The van der Waals surface area contributed by atoms with Crippen LogP contribution in [0.2, 0.25) is 10.0 Å². The highest BCUT2D eigenvalue weighted by Gasteiger charge is 2.25. The van der Waals surface area contributed by atoms with Crippen LogP contribution in [-0.2, 0) is 14.3 Å². The van der Waals surface area contributed by atoms with Gasteiger partial charge in [-0.05, 0) is 26.0 Å².